The van der Waals surface area contributed by atoms with Gasteiger partial charge in [-0.3, -0.25) is 9.78 Å². The Kier molecular flexibility index (Phi) is 3.42. The van der Waals surface area contributed by atoms with Gasteiger partial charge in [-0.2, -0.15) is 13.2 Å². The van der Waals surface area contributed by atoms with Gasteiger partial charge in [0, 0.05) is 17.6 Å². The van der Waals surface area contributed by atoms with E-state index < -0.39 is 17.6 Å². The number of nitrogens with one attached hydrogen (secondary N) is 1. The van der Waals surface area contributed by atoms with Gasteiger partial charge in [-0.1, -0.05) is 0 Å². The molecule has 1 aromatic heterocycles. The minimum absolute atomic E-state index is 0.225. The zero-order valence-electron chi connectivity index (χ0n) is 9.30. The highest BCUT2D eigenvalue weighted by molar-refractivity contribution is 5.98. The third-order valence-corrected chi connectivity index (χ3v) is 2.22. The van der Waals surface area contributed by atoms with Crippen LogP contribution < -0.4 is 11.1 Å². The summed E-state index contributed by atoms with van der Waals surface area (Å²) in [6.07, 6.45) is -3.43. The van der Waals surface area contributed by atoms with Crippen LogP contribution in [0.15, 0.2) is 18.3 Å². The molecule has 94 valence electrons. The maximum Gasteiger partial charge on any atom is 0.415 e. The third-order valence-electron chi connectivity index (χ3n) is 2.22. The van der Waals surface area contributed by atoms with Crippen LogP contribution in [0.4, 0.5) is 18.9 Å². The van der Waals surface area contributed by atoms with E-state index in [4.69, 9.17) is 5.73 Å². The van der Waals surface area contributed by atoms with Crippen molar-refractivity contribution in [1.29, 1.82) is 0 Å². The Balaban J connectivity index is 2.87. The summed E-state index contributed by atoms with van der Waals surface area (Å²) in [5.41, 5.74) is 2.85. The SMILES string of the molecule is Cc1cc(NC(=O)C(C)(N)C(F)(F)F)ccn1. The minimum Gasteiger partial charge on any atom is -0.324 e. The van der Waals surface area contributed by atoms with Crippen molar-refractivity contribution >= 4 is 11.6 Å². The van der Waals surface area contributed by atoms with E-state index in [-0.39, 0.29) is 5.69 Å². The number of halogens is 3. The van der Waals surface area contributed by atoms with Crippen LogP contribution in [0.3, 0.4) is 0 Å². The molecule has 3 N–H and O–H groups in total. The summed E-state index contributed by atoms with van der Waals surface area (Å²) in [4.78, 5) is 15.3. The van der Waals surface area contributed by atoms with Crippen molar-refractivity contribution in [3.8, 4) is 0 Å². The molecule has 0 fully saturated rings. The molecule has 1 rings (SSSR count). The molecule has 4 nitrogen and oxygen atoms in total. The van der Waals surface area contributed by atoms with Crippen molar-refractivity contribution in [3.05, 3.63) is 24.0 Å². The molecule has 17 heavy (non-hydrogen) atoms. The molecule has 1 heterocycles. The Labute approximate surface area is 96.0 Å². The van der Waals surface area contributed by atoms with E-state index >= 15 is 0 Å². The first-order chi connectivity index (χ1) is 7.64. The van der Waals surface area contributed by atoms with E-state index in [1.807, 2.05) is 0 Å². The van der Waals surface area contributed by atoms with E-state index in [0.717, 1.165) is 0 Å². The van der Waals surface area contributed by atoms with Crippen molar-refractivity contribution < 1.29 is 18.0 Å². The van der Waals surface area contributed by atoms with E-state index in [1.54, 1.807) is 6.92 Å². The number of nitrogens with two attached hydrogens (primary N) is 1. The largest absolute Gasteiger partial charge is 0.415 e. The Morgan fingerprint density at radius 2 is 2.06 bits per heavy atom. The second kappa shape index (κ2) is 4.33. The van der Waals surface area contributed by atoms with Crippen molar-refractivity contribution in [2.45, 2.75) is 25.6 Å². The number of aromatic nitrogens is 1. The number of pyridine rings is 1. The maximum atomic E-state index is 12.5. The molecule has 0 bridgehead atoms. The first kappa shape index (κ1) is 13.4. The zero-order chi connectivity index (χ0) is 13.3. The highest BCUT2D eigenvalue weighted by Crippen LogP contribution is 2.28. The Bertz CT molecular complexity index is 429. The standard InChI is InChI=1S/C10H12F3N3O/c1-6-5-7(3-4-15-6)16-8(17)9(2,14)10(11,12)13/h3-5H,14H2,1-2H3,(H,15,16,17). The lowest BCUT2D eigenvalue weighted by molar-refractivity contribution is -0.184. The first-order valence-corrected chi connectivity index (χ1v) is 4.74. The molecule has 0 aliphatic heterocycles. The van der Waals surface area contributed by atoms with Gasteiger partial charge < -0.3 is 11.1 Å². The molecule has 1 amide bonds. The smallest absolute Gasteiger partial charge is 0.324 e. The lowest BCUT2D eigenvalue weighted by atomic mass is 10.0. The maximum absolute atomic E-state index is 12.5. The summed E-state index contributed by atoms with van der Waals surface area (Å²) in [5.74, 6) is -1.31. The topological polar surface area (TPSA) is 68.0 Å². The predicted molar refractivity (Wildman–Crippen MR) is 56.3 cm³/mol. The summed E-state index contributed by atoms with van der Waals surface area (Å²) in [7, 11) is 0. The molecule has 0 aliphatic rings. The molecular formula is C10H12F3N3O. The number of carbonyl (C=O) groups excluding carboxylic acids is 1. The van der Waals surface area contributed by atoms with Crippen LogP contribution in [0, 0.1) is 6.92 Å². The van der Waals surface area contributed by atoms with Crippen molar-refractivity contribution in [1.82, 2.24) is 4.98 Å². The van der Waals surface area contributed by atoms with Crippen molar-refractivity contribution in [2.24, 2.45) is 5.73 Å². The summed E-state index contributed by atoms with van der Waals surface area (Å²) in [6.45, 7) is 2.28. The molecule has 0 aliphatic carbocycles. The fourth-order valence-corrected chi connectivity index (χ4v) is 1.01. The molecule has 0 saturated carbocycles. The van der Waals surface area contributed by atoms with Gasteiger partial charge in [-0.25, -0.2) is 0 Å². The van der Waals surface area contributed by atoms with E-state index in [0.29, 0.717) is 12.6 Å². The molecule has 1 aromatic rings. The number of hydrogen-bond donors (Lipinski definition) is 2. The zero-order valence-corrected chi connectivity index (χ0v) is 9.30. The number of nitrogens with zero attached hydrogens (tertiary/aromatic N) is 1. The van der Waals surface area contributed by atoms with Gasteiger partial charge >= 0.3 is 6.18 Å². The normalized spacial score (nSPS) is 15.2. The average molecular weight is 247 g/mol. The number of amides is 1. The lowest BCUT2D eigenvalue weighted by Crippen LogP contribution is -2.59. The number of aryl methyl sites for hydroxylation is 1. The second-order valence-electron chi connectivity index (χ2n) is 3.84. The van der Waals surface area contributed by atoms with E-state index in [9.17, 15) is 18.0 Å². The van der Waals surface area contributed by atoms with Gasteiger partial charge in [0.1, 0.15) is 0 Å². The van der Waals surface area contributed by atoms with E-state index in [2.05, 4.69) is 10.3 Å². The first-order valence-electron chi connectivity index (χ1n) is 4.74. The van der Waals surface area contributed by atoms with Crippen LogP contribution in [0.1, 0.15) is 12.6 Å². The van der Waals surface area contributed by atoms with Crippen LogP contribution in [0.25, 0.3) is 0 Å². The van der Waals surface area contributed by atoms with Gasteiger partial charge in [0.15, 0.2) is 5.54 Å². The molecule has 1 atom stereocenters. The third kappa shape index (κ3) is 2.94. The molecule has 0 saturated heterocycles. The highest BCUT2D eigenvalue weighted by Gasteiger charge is 2.53. The predicted octanol–water partition coefficient (Wildman–Crippen LogP) is 1.61. The molecule has 0 spiro atoms. The number of rotatable bonds is 2. The highest BCUT2D eigenvalue weighted by atomic mass is 19.4. The van der Waals surface area contributed by atoms with Gasteiger partial charge in [0.25, 0.3) is 5.91 Å². The fourth-order valence-electron chi connectivity index (χ4n) is 1.01. The molecule has 1 unspecified atom stereocenters. The Hall–Kier alpha value is -1.63. The van der Waals surface area contributed by atoms with Crippen LogP contribution in [0.2, 0.25) is 0 Å². The van der Waals surface area contributed by atoms with Crippen molar-refractivity contribution in [3.63, 3.8) is 0 Å². The number of anilines is 1. The molecule has 0 aromatic carbocycles. The summed E-state index contributed by atoms with van der Waals surface area (Å²) in [5, 5.41) is 2.11. The van der Waals surface area contributed by atoms with Gasteiger partial charge in [-0.05, 0) is 26.0 Å². The molecule has 7 heteroatoms. The monoisotopic (exact) mass is 247 g/mol. The van der Waals surface area contributed by atoms with Crippen LogP contribution in [0.5, 0.6) is 0 Å². The lowest BCUT2D eigenvalue weighted by Gasteiger charge is -2.26. The summed E-state index contributed by atoms with van der Waals surface area (Å²) >= 11 is 0. The Morgan fingerprint density at radius 3 is 2.53 bits per heavy atom. The quantitative estimate of drug-likeness (QED) is 0.834. The summed E-state index contributed by atoms with van der Waals surface area (Å²) < 4.78 is 37.4. The van der Waals surface area contributed by atoms with Crippen molar-refractivity contribution in [2.75, 3.05) is 5.32 Å². The molecular weight excluding hydrogens is 235 g/mol. The summed E-state index contributed by atoms with van der Waals surface area (Å²) in [6, 6.07) is 2.84. The van der Waals surface area contributed by atoms with Crippen LogP contribution >= 0.6 is 0 Å². The minimum atomic E-state index is -4.81. The van der Waals surface area contributed by atoms with Gasteiger partial charge in [-0.15, -0.1) is 0 Å². The van der Waals surface area contributed by atoms with Gasteiger partial charge in [0.05, 0.1) is 0 Å². The van der Waals surface area contributed by atoms with Crippen LogP contribution in [-0.2, 0) is 4.79 Å². The second-order valence-corrected chi connectivity index (χ2v) is 3.84. The number of carbonyl (C=O) groups is 1. The van der Waals surface area contributed by atoms with E-state index in [1.165, 1.54) is 18.3 Å². The molecule has 0 radical (unpaired) electrons. The average Bonchev–Trinajstić information content (AvgIpc) is 2.15. The number of alkyl halides is 3. The Morgan fingerprint density at radius 1 is 1.47 bits per heavy atom. The fraction of sp³-hybridized carbons (Fsp3) is 0.400. The number of hydrogen-bond acceptors (Lipinski definition) is 3. The van der Waals surface area contributed by atoms with Gasteiger partial charge in [0.2, 0.25) is 0 Å². The van der Waals surface area contributed by atoms with Crippen LogP contribution in [-0.4, -0.2) is 22.6 Å².